The SMILES string of the molecule is O=C(c1ccc(Sc2cccnc2)cc1)N1CCCC1. The summed E-state index contributed by atoms with van der Waals surface area (Å²) in [5, 5.41) is 0. The second-order valence-electron chi connectivity index (χ2n) is 4.81. The largest absolute Gasteiger partial charge is 0.339 e. The van der Waals surface area contributed by atoms with Crippen molar-refractivity contribution in [1.29, 1.82) is 0 Å². The van der Waals surface area contributed by atoms with E-state index in [2.05, 4.69) is 4.98 Å². The molecule has 4 heteroatoms. The minimum atomic E-state index is 0.153. The first-order chi connectivity index (χ1) is 9.83. The standard InChI is InChI=1S/C16H16N2OS/c19-16(18-10-1-2-11-18)13-5-7-14(8-6-13)20-15-4-3-9-17-12-15/h3-9,12H,1-2,10-11H2. The van der Waals surface area contributed by atoms with Crippen LogP contribution in [0.1, 0.15) is 23.2 Å². The fraction of sp³-hybridized carbons (Fsp3) is 0.250. The molecule has 0 bridgehead atoms. The van der Waals surface area contributed by atoms with Gasteiger partial charge in [0.15, 0.2) is 0 Å². The Morgan fingerprint density at radius 3 is 2.45 bits per heavy atom. The molecule has 3 nitrogen and oxygen atoms in total. The summed E-state index contributed by atoms with van der Waals surface area (Å²) < 4.78 is 0. The third-order valence-electron chi connectivity index (χ3n) is 3.36. The fourth-order valence-electron chi connectivity index (χ4n) is 2.31. The molecular weight excluding hydrogens is 268 g/mol. The molecule has 1 aliphatic heterocycles. The zero-order chi connectivity index (χ0) is 13.8. The van der Waals surface area contributed by atoms with Crippen LogP contribution in [0.4, 0.5) is 0 Å². The molecule has 1 amide bonds. The van der Waals surface area contributed by atoms with Crippen LogP contribution in [0.2, 0.25) is 0 Å². The number of carbonyl (C=O) groups is 1. The molecule has 3 rings (SSSR count). The molecule has 2 aromatic rings. The van der Waals surface area contributed by atoms with Crippen molar-refractivity contribution in [3.8, 4) is 0 Å². The fourth-order valence-corrected chi connectivity index (χ4v) is 3.12. The Morgan fingerprint density at radius 1 is 1.05 bits per heavy atom. The van der Waals surface area contributed by atoms with E-state index in [9.17, 15) is 4.79 Å². The van der Waals surface area contributed by atoms with Crippen molar-refractivity contribution in [2.75, 3.05) is 13.1 Å². The minimum Gasteiger partial charge on any atom is -0.339 e. The molecule has 0 unspecified atom stereocenters. The van der Waals surface area contributed by atoms with Crippen molar-refractivity contribution < 1.29 is 4.79 Å². The monoisotopic (exact) mass is 284 g/mol. The van der Waals surface area contributed by atoms with E-state index in [1.54, 1.807) is 18.0 Å². The van der Waals surface area contributed by atoms with Crippen LogP contribution in [0.25, 0.3) is 0 Å². The van der Waals surface area contributed by atoms with Crippen molar-refractivity contribution in [1.82, 2.24) is 9.88 Å². The predicted octanol–water partition coefficient (Wildman–Crippen LogP) is 3.47. The number of amides is 1. The number of pyridine rings is 1. The maximum atomic E-state index is 12.2. The Labute approximate surface area is 123 Å². The lowest BCUT2D eigenvalue weighted by Crippen LogP contribution is -2.27. The van der Waals surface area contributed by atoms with E-state index in [4.69, 9.17) is 0 Å². The van der Waals surface area contributed by atoms with Crippen molar-refractivity contribution in [2.24, 2.45) is 0 Å². The van der Waals surface area contributed by atoms with Crippen LogP contribution in [-0.4, -0.2) is 28.9 Å². The molecule has 0 aliphatic carbocycles. The van der Waals surface area contributed by atoms with Gasteiger partial charge >= 0.3 is 0 Å². The van der Waals surface area contributed by atoms with E-state index >= 15 is 0 Å². The van der Waals surface area contributed by atoms with Gasteiger partial charge in [-0.3, -0.25) is 9.78 Å². The quantitative estimate of drug-likeness (QED) is 0.865. The Kier molecular flexibility index (Phi) is 4.02. The maximum Gasteiger partial charge on any atom is 0.253 e. The van der Waals surface area contributed by atoms with Crippen LogP contribution >= 0.6 is 11.8 Å². The first kappa shape index (κ1) is 13.2. The number of hydrogen-bond donors (Lipinski definition) is 0. The molecule has 20 heavy (non-hydrogen) atoms. The summed E-state index contributed by atoms with van der Waals surface area (Å²) >= 11 is 1.65. The van der Waals surface area contributed by atoms with Gasteiger partial charge in [0.2, 0.25) is 0 Å². The lowest BCUT2D eigenvalue weighted by atomic mass is 10.2. The van der Waals surface area contributed by atoms with Gasteiger partial charge in [0, 0.05) is 40.8 Å². The number of rotatable bonds is 3. The summed E-state index contributed by atoms with van der Waals surface area (Å²) in [6.07, 6.45) is 5.86. The van der Waals surface area contributed by atoms with Crippen LogP contribution in [0.3, 0.4) is 0 Å². The first-order valence-electron chi connectivity index (χ1n) is 6.80. The summed E-state index contributed by atoms with van der Waals surface area (Å²) in [4.78, 5) is 20.5. The lowest BCUT2D eigenvalue weighted by Gasteiger charge is -2.15. The van der Waals surface area contributed by atoms with E-state index < -0.39 is 0 Å². The zero-order valence-electron chi connectivity index (χ0n) is 11.2. The number of aromatic nitrogens is 1. The molecule has 0 radical (unpaired) electrons. The first-order valence-corrected chi connectivity index (χ1v) is 7.62. The van der Waals surface area contributed by atoms with Gasteiger partial charge in [-0.2, -0.15) is 0 Å². The molecule has 0 N–H and O–H groups in total. The molecule has 0 saturated carbocycles. The molecule has 1 aliphatic rings. The molecule has 1 aromatic heterocycles. The summed E-state index contributed by atoms with van der Waals surface area (Å²) in [7, 11) is 0. The number of benzene rings is 1. The number of hydrogen-bond acceptors (Lipinski definition) is 3. The summed E-state index contributed by atoms with van der Waals surface area (Å²) in [5.41, 5.74) is 0.780. The second kappa shape index (κ2) is 6.09. The van der Waals surface area contributed by atoms with Gasteiger partial charge in [-0.25, -0.2) is 0 Å². The highest BCUT2D eigenvalue weighted by atomic mass is 32.2. The second-order valence-corrected chi connectivity index (χ2v) is 5.96. The molecule has 0 spiro atoms. The van der Waals surface area contributed by atoms with Crippen LogP contribution in [0, 0.1) is 0 Å². The van der Waals surface area contributed by atoms with E-state index in [0.29, 0.717) is 0 Å². The smallest absolute Gasteiger partial charge is 0.253 e. The Bertz CT molecular complexity index is 577. The molecular formula is C16H16N2OS. The minimum absolute atomic E-state index is 0.153. The van der Waals surface area contributed by atoms with Gasteiger partial charge in [0.05, 0.1) is 0 Å². The third kappa shape index (κ3) is 3.02. The van der Waals surface area contributed by atoms with Crippen molar-refractivity contribution in [3.05, 3.63) is 54.4 Å². The van der Waals surface area contributed by atoms with E-state index in [0.717, 1.165) is 41.3 Å². The normalized spacial score (nSPS) is 14.5. The van der Waals surface area contributed by atoms with Gasteiger partial charge in [-0.1, -0.05) is 11.8 Å². The van der Waals surface area contributed by atoms with Crippen molar-refractivity contribution >= 4 is 17.7 Å². The van der Waals surface area contributed by atoms with E-state index in [-0.39, 0.29) is 5.91 Å². The topological polar surface area (TPSA) is 33.2 Å². The van der Waals surface area contributed by atoms with Gasteiger partial charge in [-0.15, -0.1) is 0 Å². The van der Waals surface area contributed by atoms with E-state index in [1.807, 2.05) is 47.5 Å². The van der Waals surface area contributed by atoms with Crippen LogP contribution in [-0.2, 0) is 0 Å². The van der Waals surface area contributed by atoms with Crippen LogP contribution in [0.15, 0.2) is 58.6 Å². The predicted molar refractivity (Wildman–Crippen MR) is 79.9 cm³/mol. The third-order valence-corrected chi connectivity index (χ3v) is 4.35. The van der Waals surface area contributed by atoms with E-state index in [1.165, 1.54) is 0 Å². The van der Waals surface area contributed by atoms with Gasteiger partial charge in [-0.05, 0) is 49.2 Å². The molecule has 102 valence electrons. The Morgan fingerprint density at radius 2 is 1.80 bits per heavy atom. The zero-order valence-corrected chi connectivity index (χ0v) is 12.0. The Hall–Kier alpha value is -1.81. The van der Waals surface area contributed by atoms with Gasteiger partial charge in [0.25, 0.3) is 5.91 Å². The molecule has 1 aromatic carbocycles. The summed E-state index contributed by atoms with van der Waals surface area (Å²) in [5.74, 6) is 0.153. The highest BCUT2D eigenvalue weighted by Crippen LogP contribution is 2.27. The molecule has 0 atom stereocenters. The number of carbonyl (C=O) groups excluding carboxylic acids is 1. The van der Waals surface area contributed by atoms with Crippen molar-refractivity contribution in [2.45, 2.75) is 22.6 Å². The number of likely N-dealkylation sites (tertiary alicyclic amines) is 1. The average molecular weight is 284 g/mol. The molecule has 1 fully saturated rings. The number of nitrogens with zero attached hydrogens (tertiary/aromatic N) is 2. The average Bonchev–Trinajstić information content (AvgIpc) is 3.03. The van der Waals surface area contributed by atoms with Crippen LogP contribution in [0.5, 0.6) is 0 Å². The Balaban J connectivity index is 1.69. The lowest BCUT2D eigenvalue weighted by molar-refractivity contribution is 0.0793. The van der Waals surface area contributed by atoms with Gasteiger partial charge in [0.1, 0.15) is 0 Å². The molecule has 1 saturated heterocycles. The van der Waals surface area contributed by atoms with Gasteiger partial charge < -0.3 is 4.90 Å². The highest BCUT2D eigenvalue weighted by Gasteiger charge is 2.19. The van der Waals surface area contributed by atoms with Crippen LogP contribution < -0.4 is 0 Å². The summed E-state index contributed by atoms with van der Waals surface area (Å²) in [6, 6.07) is 11.8. The maximum absolute atomic E-state index is 12.2. The molecule has 2 heterocycles. The summed E-state index contributed by atoms with van der Waals surface area (Å²) in [6.45, 7) is 1.79. The highest BCUT2D eigenvalue weighted by molar-refractivity contribution is 7.99. The van der Waals surface area contributed by atoms with Crippen molar-refractivity contribution in [3.63, 3.8) is 0 Å².